The van der Waals surface area contributed by atoms with Crippen LogP contribution in [0.5, 0.6) is 0 Å². The van der Waals surface area contributed by atoms with Crippen molar-refractivity contribution in [2.45, 2.75) is 33.1 Å². The molecule has 0 spiro atoms. The third-order valence-corrected chi connectivity index (χ3v) is 2.46. The molecule has 0 fully saturated rings. The van der Waals surface area contributed by atoms with Crippen LogP contribution in [0.1, 0.15) is 38.8 Å². The van der Waals surface area contributed by atoms with Crippen LogP contribution in [-0.2, 0) is 4.79 Å². The van der Waals surface area contributed by atoms with E-state index in [2.05, 4.69) is 24.1 Å². The van der Waals surface area contributed by atoms with E-state index in [-0.39, 0.29) is 5.91 Å². The summed E-state index contributed by atoms with van der Waals surface area (Å²) >= 11 is 1.48. The molecule has 0 saturated heterocycles. The van der Waals surface area contributed by atoms with Crippen LogP contribution in [0.3, 0.4) is 0 Å². The molecule has 1 heterocycles. The normalized spacial score (nSPS) is 10.5. The number of thiazole rings is 1. The average molecular weight is 198 g/mol. The quantitative estimate of drug-likeness (QED) is 0.811. The van der Waals surface area contributed by atoms with Crippen LogP contribution in [-0.4, -0.2) is 10.9 Å². The fourth-order valence-electron chi connectivity index (χ4n) is 0.816. The number of nitrogens with zero attached hydrogens (tertiary/aromatic N) is 1. The van der Waals surface area contributed by atoms with E-state index < -0.39 is 0 Å². The third kappa shape index (κ3) is 2.81. The second-order valence-corrected chi connectivity index (χ2v) is 3.99. The summed E-state index contributed by atoms with van der Waals surface area (Å²) in [5.74, 6) is 0.438. The lowest BCUT2D eigenvalue weighted by Gasteiger charge is -1.98. The summed E-state index contributed by atoms with van der Waals surface area (Å²) in [6.45, 7) is 5.99. The first kappa shape index (κ1) is 10.2. The number of carbonyl (C=O) groups is 1. The first-order valence-electron chi connectivity index (χ1n) is 4.38. The Morgan fingerprint density at radius 1 is 1.69 bits per heavy atom. The number of hydrogen-bond donors (Lipinski definition) is 1. The molecule has 3 nitrogen and oxygen atoms in total. The second kappa shape index (κ2) is 4.37. The van der Waals surface area contributed by atoms with Gasteiger partial charge in [-0.25, -0.2) is 4.98 Å². The monoisotopic (exact) mass is 198 g/mol. The number of hydrogen-bond acceptors (Lipinski definition) is 3. The fraction of sp³-hybridized carbons (Fsp3) is 0.556. The topological polar surface area (TPSA) is 42.0 Å². The summed E-state index contributed by atoms with van der Waals surface area (Å²) in [6, 6.07) is 0. The summed E-state index contributed by atoms with van der Waals surface area (Å²) in [7, 11) is 0. The Balaban J connectivity index is 2.64. The van der Waals surface area contributed by atoms with Gasteiger partial charge in [0, 0.05) is 11.8 Å². The van der Waals surface area contributed by atoms with Gasteiger partial charge in [0.2, 0.25) is 5.91 Å². The van der Waals surface area contributed by atoms with E-state index in [4.69, 9.17) is 0 Å². The Labute approximate surface area is 82.2 Å². The Hall–Kier alpha value is -0.900. The molecule has 0 unspecified atom stereocenters. The maximum absolute atomic E-state index is 11.0. The maximum atomic E-state index is 11.0. The van der Waals surface area contributed by atoms with Crippen molar-refractivity contribution in [3.05, 3.63) is 11.1 Å². The molecule has 0 aliphatic rings. The van der Waals surface area contributed by atoms with Gasteiger partial charge in [-0.05, 0) is 5.92 Å². The smallest absolute Gasteiger partial charge is 0.225 e. The fourth-order valence-corrected chi connectivity index (χ4v) is 1.70. The molecule has 0 radical (unpaired) electrons. The van der Waals surface area contributed by atoms with Gasteiger partial charge in [0.1, 0.15) is 0 Å². The van der Waals surface area contributed by atoms with Crippen molar-refractivity contribution in [2.24, 2.45) is 0 Å². The average Bonchev–Trinajstić information content (AvgIpc) is 2.52. The number of amides is 1. The van der Waals surface area contributed by atoms with Gasteiger partial charge in [0.25, 0.3) is 0 Å². The molecule has 1 rings (SSSR count). The molecule has 1 aromatic heterocycles. The minimum absolute atomic E-state index is 0.0182. The molecule has 0 aromatic carbocycles. The number of rotatable bonds is 3. The highest BCUT2D eigenvalue weighted by Gasteiger charge is 2.06. The molecular weight excluding hydrogens is 184 g/mol. The molecule has 1 amide bonds. The van der Waals surface area contributed by atoms with Crippen molar-refractivity contribution in [2.75, 3.05) is 5.32 Å². The number of aromatic nitrogens is 1. The highest BCUT2D eigenvalue weighted by Crippen LogP contribution is 2.21. The number of anilines is 1. The van der Waals surface area contributed by atoms with Gasteiger partial charge in [0.05, 0.1) is 5.69 Å². The molecule has 13 heavy (non-hydrogen) atoms. The van der Waals surface area contributed by atoms with E-state index in [0.717, 1.165) is 5.69 Å². The lowest BCUT2D eigenvalue weighted by molar-refractivity contribution is -0.115. The van der Waals surface area contributed by atoms with Gasteiger partial charge < -0.3 is 5.32 Å². The predicted molar refractivity (Wildman–Crippen MR) is 55.1 cm³/mol. The highest BCUT2D eigenvalue weighted by molar-refractivity contribution is 7.13. The minimum atomic E-state index is 0.0182. The molecule has 1 N–H and O–H groups in total. The van der Waals surface area contributed by atoms with E-state index in [0.29, 0.717) is 17.5 Å². The standard InChI is InChI=1S/C9H14N2OS/c1-4-8(12)11-9-10-7(5-13-9)6(2)3/h5-6H,4H2,1-3H3,(H,10,11,12). The largest absolute Gasteiger partial charge is 0.302 e. The summed E-state index contributed by atoms with van der Waals surface area (Å²) in [6.07, 6.45) is 0.497. The third-order valence-electron chi connectivity index (χ3n) is 1.68. The molecule has 72 valence electrons. The van der Waals surface area contributed by atoms with Crippen molar-refractivity contribution in [1.82, 2.24) is 4.98 Å². The van der Waals surface area contributed by atoms with Crippen LogP contribution in [0.15, 0.2) is 5.38 Å². The van der Waals surface area contributed by atoms with E-state index in [1.54, 1.807) is 0 Å². The van der Waals surface area contributed by atoms with Crippen LogP contribution >= 0.6 is 11.3 Å². The highest BCUT2D eigenvalue weighted by atomic mass is 32.1. The van der Waals surface area contributed by atoms with Gasteiger partial charge in [-0.15, -0.1) is 11.3 Å². The Bertz CT molecular complexity index is 294. The number of nitrogens with one attached hydrogen (secondary N) is 1. The summed E-state index contributed by atoms with van der Waals surface area (Å²) < 4.78 is 0. The summed E-state index contributed by atoms with van der Waals surface area (Å²) in [5, 5.41) is 5.42. The lowest BCUT2D eigenvalue weighted by atomic mass is 10.2. The molecule has 0 bridgehead atoms. The van der Waals surface area contributed by atoms with Crippen molar-refractivity contribution in [3.63, 3.8) is 0 Å². The zero-order valence-corrected chi connectivity index (χ0v) is 8.94. The molecule has 1 aromatic rings. The summed E-state index contributed by atoms with van der Waals surface area (Å²) in [4.78, 5) is 15.3. The van der Waals surface area contributed by atoms with Crippen molar-refractivity contribution >= 4 is 22.4 Å². The van der Waals surface area contributed by atoms with Gasteiger partial charge in [-0.1, -0.05) is 20.8 Å². The first-order valence-corrected chi connectivity index (χ1v) is 5.26. The second-order valence-electron chi connectivity index (χ2n) is 3.13. The Morgan fingerprint density at radius 2 is 2.38 bits per heavy atom. The molecule has 0 atom stereocenters. The van der Waals surface area contributed by atoms with Crippen LogP contribution in [0.4, 0.5) is 5.13 Å². The zero-order chi connectivity index (χ0) is 9.84. The van der Waals surface area contributed by atoms with Crippen LogP contribution in [0, 0.1) is 0 Å². The predicted octanol–water partition coefficient (Wildman–Crippen LogP) is 2.62. The van der Waals surface area contributed by atoms with E-state index in [1.165, 1.54) is 11.3 Å². The van der Waals surface area contributed by atoms with Crippen molar-refractivity contribution in [1.29, 1.82) is 0 Å². The molecule has 0 aliphatic heterocycles. The zero-order valence-electron chi connectivity index (χ0n) is 8.13. The van der Waals surface area contributed by atoms with Crippen LogP contribution < -0.4 is 5.32 Å². The SMILES string of the molecule is CCC(=O)Nc1nc(C(C)C)cs1. The molecule has 0 saturated carbocycles. The van der Waals surface area contributed by atoms with Crippen molar-refractivity contribution < 1.29 is 4.79 Å². The minimum Gasteiger partial charge on any atom is -0.302 e. The van der Waals surface area contributed by atoms with E-state index in [9.17, 15) is 4.79 Å². The number of carbonyl (C=O) groups excluding carboxylic acids is 1. The van der Waals surface area contributed by atoms with Gasteiger partial charge in [-0.2, -0.15) is 0 Å². The Morgan fingerprint density at radius 3 is 2.85 bits per heavy atom. The molecular formula is C9H14N2OS. The van der Waals surface area contributed by atoms with Crippen LogP contribution in [0.25, 0.3) is 0 Å². The first-order chi connectivity index (χ1) is 6.13. The van der Waals surface area contributed by atoms with Gasteiger partial charge >= 0.3 is 0 Å². The van der Waals surface area contributed by atoms with Crippen molar-refractivity contribution in [3.8, 4) is 0 Å². The molecule has 0 aliphatic carbocycles. The van der Waals surface area contributed by atoms with E-state index >= 15 is 0 Å². The maximum Gasteiger partial charge on any atom is 0.225 e. The van der Waals surface area contributed by atoms with E-state index in [1.807, 2.05) is 12.3 Å². The summed E-state index contributed by atoms with van der Waals surface area (Å²) in [5.41, 5.74) is 1.04. The van der Waals surface area contributed by atoms with Gasteiger partial charge in [0.15, 0.2) is 5.13 Å². The Kier molecular flexibility index (Phi) is 3.42. The van der Waals surface area contributed by atoms with Gasteiger partial charge in [-0.3, -0.25) is 4.79 Å². The lowest BCUT2D eigenvalue weighted by Crippen LogP contribution is -2.09. The van der Waals surface area contributed by atoms with Crippen LogP contribution in [0.2, 0.25) is 0 Å². The molecule has 4 heteroatoms.